The molecule has 31 heavy (non-hydrogen) atoms. The predicted molar refractivity (Wildman–Crippen MR) is 105 cm³/mol. The summed E-state index contributed by atoms with van der Waals surface area (Å²) < 4.78 is 26.2. The zero-order chi connectivity index (χ0) is 22.0. The van der Waals surface area contributed by atoms with Gasteiger partial charge < -0.3 is 34.0 Å². The molecular formula is C20H17ClN2O8. The van der Waals surface area contributed by atoms with Gasteiger partial charge >= 0.3 is 18.0 Å². The molecule has 0 fully saturated rings. The van der Waals surface area contributed by atoms with E-state index in [2.05, 4.69) is 10.6 Å². The minimum Gasteiger partial charge on any atom is -0.467 e. The van der Waals surface area contributed by atoms with Gasteiger partial charge in [0.1, 0.15) is 18.4 Å². The highest BCUT2D eigenvalue weighted by atomic mass is 35.5. The van der Waals surface area contributed by atoms with Crippen LogP contribution in [0.2, 0.25) is 5.02 Å². The summed E-state index contributed by atoms with van der Waals surface area (Å²) in [7, 11) is 0. The molecule has 0 saturated carbocycles. The number of hydrogen-bond donors (Lipinski definition) is 2. The second-order valence-corrected chi connectivity index (χ2v) is 6.83. The smallest absolute Gasteiger partial charge is 0.338 e. The molecule has 2 aromatic rings. The Hall–Kier alpha value is -3.66. The van der Waals surface area contributed by atoms with Crippen LogP contribution in [0.1, 0.15) is 29.1 Å². The maximum absolute atomic E-state index is 12.6. The molecule has 1 atom stereocenters. The first-order valence-corrected chi connectivity index (χ1v) is 9.63. The van der Waals surface area contributed by atoms with Gasteiger partial charge in [0.05, 0.1) is 34.7 Å². The first-order chi connectivity index (χ1) is 15.0. The number of nitrogens with one attached hydrogen (secondary N) is 2. The summed E-state index contributed by atoms with van der Waals surface area (Å²) in [6.45, 7) is 1.36. The zero-order valence-electron chi connectivity index (χ0n) is 16.2. The fraction of sp³-hybridized carbons (Fsp3) is 0.250. The monoisotopic (exact) mass is 448 g/mol. The third-order valence-electron chi connectivity index (χ3n) is 4.49. The number of fused-ring (bicyclic) bond motifs is 1. The van der Waals surface area contributed by atoms with Crippen molar-refractivity contribution < 1.29 is 37.7 Å². The molecule has 2 amide bonds. The van der Waals surface area contributed by atoms with Crippen LogP contribution in [-0.4, -0.2) is 38.0 Å². The largest absolute Gasteiger partial charge is 0.467 e. The number of benzene rings is 1. The Kier molecular flexibility index (Phi) is 5.72. The second-order valence-electron chi connectivity index (χ2n) is 6.43. The summed E-state index contributed by atoms with van der Waals surface area (Å²) >= 11 is 6.10. The van der Waals surface area contributed by atoms with Gasteiger partial charge in [-0.2, -0.15) is 0 Å². The lowest BCUT2D eigenvalue weighted by Crippen LogP contribution is -2.47. The van der Waals surface area contributed by atoms with Crippen LogP contribution in [0.3, 0.4) is 0 Å². The molecule has 1 aromatic carbocycles. The maximum atomic E-state index is 12.6. The molecule has 0 aliphatic carbocycles. The minimum absolute atomic E-state index is 0.00343. The van der Waals surface area contributed by atoms with Gasteiger partial charge in [0.15, 0.2) is 11.5 Å². The Labute approximate surface area is 181 Å². The number of amides is 2. The summed E-state index contributed by atoms with van der Waals surface area (Å²) in [5.74, 6) is -0.438. The molecule has 10 nitrogen and oxygen atoms in total. The highest BCUT2D eigenvalue weighted by molar-refractivity contribution is 6.32. The third kappa shape index (κ3) is 4.15. The number of ether oxygens (including phenoxy) is 4. The van der Waals surface area contributed by atoms with Crippen LogP contribution < -0.4 is 20.1 Å². The second kappa shape index (κ2) is 8.60. The fourth-order valence-electron chi connectivity index (χ4n) is 3.16. The molecule has 3 heterocycles. The number of furan rings is 1. The molecule has 0 saturated heterocycles. The average molecular weight is 449 g/mol. The molecule has 0 spiro atoms. The summed E-state index contributed by atoms with van der Waals surface area (Å²) in [4.78, 5) is 37.3. The van der Waals surface area contributed by atoms with E-state index in [0.29, 0.717) is 17.3 Å². The van der Waals surface area contributed by atoms with Crippen molar-refractivity contribution >= 4 is 29.6 Å². The van der Waals surface area contributed by atoms with Crippen molar-refractivity contribution in [3.05, 3.63) is 58.1 Å². The molecule has 0 radical (unpaired) electrons. The van der Waals surface area contributed by atoms with E-state index in [-0.39, 0.29) is 35.3 Å². The highest BCUT2D eigenvalue weighted by Gasteiger charge is 2.36. The molecule has 11 heteroatoms. The van der Waals surface area contributed by atoms with E-state index in [4.69, 9.17) is 35.0 Å². The predicted octanol–water partition coefficient (Wildman–Crippen LogP) is 2.69. The van der Waals surface area contributed by atoms with Gasteiger partial charge in [-0.1, -0.05) is 11.6 Å². The standard InChI is InChI=1S/C20H17ClN2O8/c1-2-27-19(25)15-12(22-20(26)23-16(15)13-4-3-5-28-13)8-29-18(24)10-6-11(21)17-14(7-10)30-9-31-17/h3-7,16H,2,8-9H2,1H3,(H2,22,23,26). The zero-order valence-corrected chi connectivity index (χ0v) is 17.0. The highest BCUT2D eigenvalue weighted by Crippen LogP contribution is 2.40. The number of urea groups is 1. The third-order valence-corrected chi connectivity index (χ3v) is 4.77. The Balaban J connectivity index is 1.60. The van der Waals surface area contributed by atoms with Crippen molar-refractivity contribution in [3.8, 4) is 11.5 Å². The van der Waals surface area contributed by atoms with Crippen molar-refractivity contribution in [2.75, 3.05) is 20.0 Å². The first kappa shape index (κ1) is 20.6. The van der Waals surface area contributed by atoms with Crippen LogP contribution in [-0.2, 0) is 14.3 Å². The summed E-state index contributed by atoms with van der Waals surface area (Å²) in [6, 6.07) is 4.54. The minimum atomic E-state index is -0.906. The van der Waals surface area contributed by atoms with Gasteiger partial charge in [-0.05, 0) is 31.2 Å². The van der Waals surface area contributed by atoms with E-state index in [1.165, 1.54) is 18.4 Å². The van der Waals surface area contributed by atoms with Gasteiger partial charge in [0.2, 0.25) is 6.79 Å². The molecule has 2 N–H and O–H groups in total. The van der Waals surface area contributed by atoms with Crippen molar-refractivity contribution in [2.45, 2.75) is 13.0 Å². The van der Waals surface area contributed by atoms with Crippen LogP contribution >= 0.6 is 11.6 Å². The molecule has 0 bridgehead atoms. The van der Waals surface area contributed by atoms with E-state index in [9.17, 15) is 14.4 Å². The molecule has 1 unspecified atom stereocenters. The van der Waals surface area contributed by atoms with Gasteiger partial charge in [0.25, 0.3) is 0 Å². The van der Waals surface area contributed by atoms with E-state index < -0.39 is 30.6 Å². The van der Waals surface area contributed by atoms with Gasteiger partial charge in [-0.15, -0.1) is 0 Å². The Morgan fingerprint density at radius 1 is 1.23 bits per heavy atom. The number of carbonyl (C=O) groups is 3. The van der Waals surface area contributed by atoms with Crippen LogP contribution in [0.5, 0.6) is 11.5 Å². The molecule has 162 valence electrons. The van der Waals surface area contributed by atoms with E-state index in [1.54, 1.807) is 19.1 Å². The number of rotatable bonds is 6. The number of carbonyl (C=O) groups excluding carboxylic acids is 3. The van der Waals surface area contributed by atoms with Gasteiger partial charge in [-0.25, -0.2) is 14.4 Å². The molecule has 1 aromatic heterocycles. The van der Waals surface area contributed by atoms with Gasteiger partial charge in [-0.3, -0.25) is 0 Å². The van der Waals surface area contributed by atoms with Crippen molar-refractivity contribution in [3.63, 3.8) is 0 Å². The first-order valence-electron chi connectivity index (χ1n) is 9.25. The Morgan fingerprint density at radius 2 is 2.06 bits per heavy atom. The van der Waals surface area contributed by atoms with Crippen molar-refractivity contribution in [2.24, 2.45) is 0 Å². The average Bonchev–Trinajstić information content (AvgIpc) is 3.43. The summed E-state index contributed by atoms with van der Waals surface area (Å²) in [5, 5.41) is 5.29. The van der Waals surface area contributed by atoms with Crippen molar-refractivity contribution in [1.82, 2.24) is 10.6 Å². The lowest BCUT2D eigenvalue weighted by molar-refractivity contribution is -0.139. The van der Waals surface area contributed by atoms with Crippen LogP contribution in [0.25, 0.3) is 0 Å². The maximum Gasteiger partial charge on any atom is 0.338 e. The number of hydrogen-bond acceptors (Lipinski definition) is 8. The SMILES string of the molecule is CCOC(=O)C1=C(COC(=O)c2cc(Cl)c3c(c2)OCO3)NC(=O)NC1c1ccco1. The normalized spacial score (nSPS) is 17.1. The molecular weight excluding hydrogens is 432 g/mol. The Morgan fingerprint density at radius 3 is 2.81 bits per heavy atom. The summed E-state index contributed by atoms with van der Waals surface area (Å²) in [5.41, 5.74) is 0.257. The summed E-state index contributed by atoms with van der Waals surface area (Å²) in [6.07, 6.45) is 1.41. The van der Waals surface area contributed by atoms with E-state index >= 15 is 0 Å². The topological polar surface area (TPSA) is 125 Å². The van der Waals surface area contributed by atoms with E-state index in [0.717, 1.165) is 0 Å². The number of esters is 2. The van der Waals surface area contributed by atoms with Gasteiger partial charge in [0, 0.05) is 0 Å². The van der Waals surface area contributed by atoms with E-state index in [1.807, 2.05) is 0 Å². The van der Waals surface area contributed by atoms with Crippen LogP contribution in [0.15, 0.2) is 46.2 Å². The fourth-order valence-corrected chi connectivity index (χ4v) is 3.42. The van der Waals surface area contributed by atoms with Crippen LogP contribution in [0, 0.1) is 0 Å². The molecule has 4 rings (SSSR count). The lowest BCUT2D eigenvalue weighted by atomic mass is 10.0. The van der Waals surface area contributed by atoms with Crippen molar-refractivity contribution in [1.29, 1.82) is 0 Å². The molecule has 2 aliphatic heterocycles. The lowest BCUT2D eigenvalue weighted by Gasteiger charge is -2.27. The molecule has 2 aliphatic rings. The Bertz CT molecular complexity index is 1060. The quantitative estimate of drug-likeness (QED) is 0.646. The number of halogens is 1. The van der Waals surface area contributed by atoms with Crippen LogP contribution in [0.4, 0.5) is 4.79 Å².